The minimum Gasteiger partial charge on any atom is -0.325 e. The number of halogens is 2. The van der Waals surface area contributed by atoms with Crippen LogP contribution >= 0.6 is 11.6 Å². The van der Waals surface area contributed by atoms with Gasteiger partial charge in [-0.05, 0) is 57.0 Å². The molecule has 0 unspecified atom stereocenters. The number of benzene rings is 1. The summed E-state index contributed by atoms with van der Waals surface area (Å²) in [7, 11) is 2.21. The van der Waals surface area contributed by atoms with Crippen LogP contribution < -0.4 is 5.32 Å². The first kappa shape index (κ1) is 16.7. The highest BCUT2D eigenvalue weighted by atomic mass is 35.5. The van der Waals surface area contributed by atoms with Crippen LogP contribution in [0.2, 0.25) is 5.02 Å². The van der Waals surface area contributed by atoms with Gasteiger partial charge in [-0.2, -0.15) is 0 Å². The molecule has 2 saturated heterocycles. The number of likely N-dealkylation sites (tertiary alicyclic amines) is 2. The maximum absolute atomic E-state index is 13.1. The van der Waals surface area contributed by atoms with Gasteiger partial charge in [0.1, 0.15) is 5.82 Å². The van der Waals surface area contributed by atoms with E-state index >= 15 is 0 Å². The Hall–Kier alpha value is -1.17. The standard InChI is InChI=1S/C17H23ClFN3O/c1-21-7-2-3-12-10-22(8-6-16(12)21)11-17(23)20-13-4-5-15(19)14(18)9-13/h4-5,9,12,16H,2-3,6-8,10-11H2,1H3,(H,20,23)/t12-,16+/m1/s1. The molecule has 0 radical (unpaired) electrons. The number of fused-ring (bicyclic) bond motifs is 1. The van der Waals surface area contributed by atoms with Crippen LogP contribution in [-0.4, -0.2) is 55.0 Å². The van der Waals surface area contributed by atoms with Crippen LogP contribution in [0.4, 0.5) is 10.1 Å². The third kappa shape index (κ3) is 4.03. The van der Waals surface area contributed by atoms with Gasteiger partial charge in [0, 0.05) is 24.8 Å². The minimum atomic E-state index is -0.479. The Morgan fingerprint density at radius 1 is 1.39 bits per heavy atom. The van der Waals surface area contributed by atoms with Gasteiger partial charge in [-0.15, -0.1) is 0 Å². The molecule has 6 heteroatoms. The lowest BCUT2D eigenvalue weighted by atomic mass is 9.84. The van der Waals surface area contributed by atoms with Crippen molar-refractivity contribution >= 4 is 23.2 Å². The molecule has 2 atom stereocenters. The van der Waals surface area contributed by atoms with Crippen molar-refractivity contribution in [3.8, 4) is 0 Å². The van der Waals surface area contributed by atoms with Gasteiger partial charge < -0.3 is 10.2 Å². The molecule has 0 saturated carbocycles. The number of nitrogens with one attached hydrogen (secondary N) is 1. The number of anilines is 1. The fraction of sp³-hybridized carbons (Fsp3) is 0.588. The molecule has 126 valence electrons. The molecule has 2 aliphatic heterocycles. The first-order valence-corrected chi connectivity index (χ1v) is 8.58. The SMILES string of the molecule is CN1CCC[C@@H]2CN(CC(=O)Nc3ccc(F)c(Cl)c3)CC[C@@H]21. The summed E-state index contributed by atoms with van der Waals surface area (Å²) in [6, 6.07) is 4.90. The third-order valence-electron chi connectivity index (χ3n) is 5.00. The molecular formula is C17H23ClFN3O. The van der Waals surface area contributed by atoms with E-state index in [0.717, 1.165) is 19.5 Å². The zero-order valence-corrected chi connectivity index (χ0v) is 14.2. The molecule has 0 bridgehead atoms. The van der Waals surface area contributed by atoms with Gasteiger partial charge in [0.05, 0.1) is 11.6 Å². The van der Waals surface area contributed by atoms with Gasteiger partial charge in [-0.1, -0.05) is 11.6 Å². The summed E-state index contributed by atoms with van der Waals surface area (Å²) in [5.74, 6) is 0.110. The fourth-order valence-electron chi connectivity index (χ4n) is 3.85. The highest BCUT2D eigenvalue weighted by Gasteiger charge is 2.34. The largest absolute Gasteiger partial charge is 0.325 e. The van der Waals surface area contributed by atoms with Crippen LogP contribution in [0, 0.1) is 11.7 Å². The van der Waals surface area contributed by atoms with E-state index in [2.05, 4.69) is 22.2 Å². The topological polar surface area (TPSA) is 35.6 Å². The van der Waals surface area contributed by atoms with Crippen molar-refractivity contribution in [3.05, 3.63) is 29.0 Å². The Labute approximate surface area is 141 Å². The molecule has 1 amide bonds. The zero-order chi connectivity index (χ0) is 16.4. The molecule has 2 fully saturated rings. The van der Waals surface area contributed by atoms with E-state index in [1.54, 1.807) is 0 Å². The Kier molecular flexibility index (Phi) is 5.19. The highest BCUT2D eigenvalue weighted by Crippen LogP contribution is 2.29. The van der Waals surface area contributed by atoms with Crippen LogP contribution in [0.15, 0.2) is 18.2 Å². The Bertz CT molecular complexity index is 583. The number of carbonyl (C=O) groups excluding carboxylic acids is 1. The zero-order valence-electron chi connectivity index (χ0n) is 13.4. The lowest BCUT2D eigenvalue weighted by molar-refractivity contribution is -0.118. The summed E-state index contributed by atoms with van der Waals surface area (Å²) in [6.45, 7) is 3.49. The number of hydrogen-bond donors (Lipinski definition) is 1. The number of nitrogens with zero attached hydrogens (tertiary/aromatic N) is 2. The average Bonchev–Trinajstić information content (AvgIpc) is 2.51. The van der Waals surface area contributed by atoms with E-state index in [4.69, 9.17) is 11.6 Å². The Morgan fingerprint density at radius 2 is 2.22 bits per heavy atom. The van der Waals surface area contributed by atoms with Gasteiger partial charge in [0.15, 0.2) is 0 Å². The number of hydrogen-bond acceptors (Lipinski definition) is 3. The molecule has 3 rings (SSSR count). The second-order valence-corrected chi connectivity index (χ2v) is 7.06. The van der Waals surface area contributed by atoms with Crippen molar-refractivity contribution in [3.63, 3.8) is 0 Å². The molecule has 2 heterocycles. The van der Waals surface area contributed by atoms with E-state index in [1.807, 2.05) is 0 Å². The highest BCUT2D eigenvalue weighted by molar-refractivity contribution is 6.31. The number of amides is 1. The lowest BCUT2D eigenvalue weighted by Gasteiger charge is -2.45. The number of rotatable bonds is 3. The monoisotopic (exact) mass is 339 g/mol. The number of carbonyl (C=O) groups is 1. The molecule has 1 aromatic rings. The van der Waals surface area contributed by atoms with Crippen LogP contribution in [-0.2, 0) is 4.79 Å². The maximum atomic E-state index is 13.1. The first-order chi connectivity index (χ1) is 11.0. The summed E-state index contributed by atoms with van der Waals surface area (Å²) in [4.78, 5) is 16.9. The van der Waals surface area contributed by atoms with Crippen molar-refractivity contribution in [2.24, 2.45) is 5.92 Å². The van der Waals surface area contributed by atoms with Crippen molar-refractivity contribution in [2.45, 2.75) is 25.3 Å². The summed E-state index contributed by atoms with van der Waals surface area (Å²) in [6.07, 6.45) is 3.61. The van der Waals surface area contributed by atoms with E-state index in [0.29, 0.717) is 24.2 Å². The Morgan fingerprint density at radius 3 is 3.00 bits per heavy atom. The lowest BCUT2D eigenvalue weighted by Crippen LogP contribution is -2.53. The van der Waals surface area contributed by atoms with Crippen molar-refractivity contribution in [2.75, 3.05) is 38.5 Å². The average molecular weight is 340 g/mol. The molecule has 2 aliphatic rings. The Balaban J connectivity index is 1.53. The second-order valence-electron chi connectivity index (χ2n) is 6.65. The third-order valence-corrected chi connectivity index (χ3v) is 5.29. The molecule has 0 aromatic heterocycles. The quantitative estimate of drug-likeness (QED) is 0.919. The molecule has 23 heavy (non-hydrogen) atoms. The van der Waals surface area contributed by atoms with Crippen molar-refractivity contribution < 1.29 is 9.18 Å². The van der Waals surface area contributed by atoms with E-state index in [1.165, 1.54) is 37.6 Å². The predicted molar refractivity (Wildman–Crippen MR) is 90.2 cm³/mol. The van der Waals surface area contributed by atoms with Crippen LogP contribution in [0.3, 0.4) is 0 Å². The van der Waals surface area contributed by atoms with Gasteiger partial charge in [-0.3, -0.25) is 9.69 Å². The van der Waals surface area contributed by atoms with Crippen molar-refractivity contribution in [1.29, 1.82) is 0 Å². The molecule has 1 N–H and O–H groups in total. The van der Waals surface area contributed by atoms with Gasteiger partial charge in [-0.25, -0.2) is 4.39 Å². The molecule has 0 aliphatic carbocycles. The molecule has 0 spiro atoms. The van der Waals surface area contributed by atoms with E-state index < -0.39 is 5.82 Å². The van der Waals surface area contributed by atoms with E-state index in [-0.39, 0.29) is 10.9 Å². The molecular weight excluding hydrogens is 317 g/mol. The second kappa shape index (κ2) is 7.16. The summed E-state index contributed by atoms with van der Waals surface area (Å²) in [5.41, 5.74) is 0.536. The number of piperidine rings is 2. The molecule has 1 aromatic carbocycles. The van der Waals surface area contributed by atoms with Crippen LogP contribution in [0.5, 0.6) is 0 Å². The first-order valence-electron chi connectivity index (χ1n) is 8.20. The van der Waals surface area contributed by atoms with Gasteiger partial charge in [0.2, 0.25) is 5.91 Å². The fourth-order valence-corrected chi connectivity index (χ4v) is 4.03. The van der Waals surface area contributed by atoms with Gasteiger partial charge >= 0.3 is 0 Å². The smallest absolute Gasteiger partial charge is 0.238 e. The van der Waals surface area contributed by atoms with E-state index in [9.17, 15) is 9.18 Å². The molecule has 4 nitrogen and oxygen atoms in total. The minimum absolute atomic E-state index is 0.0221. The van der Waals surface area contributed by atoms with Crippen LogP contribution in [0.1, 0.15) is 19.3 Å². The maximum Gasteiger partial charge on any atom is 0.238 e. The summed E-state index contributed by atoms with van der Waals surface area (Å²) in [5, 5.41) is 2.82. The normalized spacial score (nSPS) is 25.9. The summed E-state index contributed by atoms with van der Waals surface area (Å²) >= 11 is 5.74. The van der Waals surface area contributed by atoms with Gasteiger partial charge in [0.25, 0.3) is 0 Å². The summed E-state index contributed by atoms with van der Waals surface area (Å²) < 4.78 is 13.1. The van der Waals surface area contributed by atoms with Crippen molar-refractivity contribution in [1.82, 2.24) is 9.80 Å². The van der Waals surface area contributed by atoms with Crippen LogP contribution in [0.25, 0.3) is 0 Å². The predicted octanol–water partition coefficient (Wildman–Crippen LogP) is 2.83.